The molecule has 1 aliphatic carbocycles. The maximum atomic E-state index is 11.5. The summed E-state index contributed by atoms with van der Waals surface area (Å²) in [7, 11) is 1.39. The van der Waals surface area contributed by atoms with E-state index in [1.54, 1.807) is 0 Å². The van der Waals surface area contributed by atoms with Crippen molar-refractivity contribution < 1.29 is 9.53 Å². The molecule has 0 radical (unpaired) electrons. The van der Waals surface area contributed by atoms with E-state index in [-0.39, 0.29) is 17.4 Å². The molecule has 0 spiro atoms. The van der Waals surface area contributed by atoms with Crippen molar-refractivity contribution in [3.63, 3.8) is 0 Å². The van der Waals surface area contributed by atoms with Gasteiger partial charge >= 0.3 is 5.97 Å². The number of carbonyl (C=O) groups is 1. The summed E-state index contributed by atoms with van der Waals surface area (Å²) in [6, 6.07) is -0.379. The molecule has 0 fully saturated rings. The molecule has 1 rings (SSSR count). The second kappa shape index (κ2) is 12.1. The number of methoxy groups -OCH3 is 1. The van der Waals surface area contributed by atoms with Gasteiger partial charge in [-0.15, -0.1) is 0 Å². The van der Waals surface area contributed by atoms with Gasteiger partial charge in [0.2, 0.25) is 0 Å². The van der Waals surface area contributed by atoms with Gasteiger partial charge in [0.15, 0.2) is 0 Å². The maximum Gasteiger partial charge on any atom is 0.323 e. The molecule has 0 heterocycles. The van der Waals surface area contributed by atoms with Crippen molar-refractivity contribution in [2.75, 3.05) is 19.4 Å². The lowest BCUT2D eigenvalue weighted by molar-refractivity contribution is -0.142. The topological polar surface area (TPSA) is 38.3 Å². The van der Waals surface area contributed by atoms with Crippen LogP contribution in [0.1, 0.15) is 53.9 Å². The van der Waals surface area contributed by atoms with E-state index < -0.39 is 0 Å². The smallest absolute Gasteiger partial charge is 0.323 e. The Hall–Kier alpha value is -1.52. The molecular formula is C24H37NO2S. The zero-order valence-corrected chi connectivity index (χ0v) is 19.2. The number of hydrogen-bond donors (Lipinski definition) is 2. The Labute approximate surface area is 177 Å². The normalized spacial score (nSPS) is 19.5. The molecule has 28 heavy (non-hydrogen) atoms. The van der Waals surface area contributed by atoms with E-state index in [0.717, 1.165) is 5.57 Å². The van der Waals surface area contributed by atoms with Crippen LogP contribution in [-0.2, 0) is 9.53 Å². The monoisotopic (exact) mass is 403 g/mol. The van der Waals surface area contributed by atoms with Crippen LogP contribution in [0.15, 0.2) is 58.7 Å². The summed E-state index contributed by atoms with van der Waals surface area (Å²) in [5.41, 5.74) is 5.65. The van der Waals surface area contributed by atoms with Crippen LogP contribution in [-0.4, -0.2) is 31.4 Å². The first kappa shape index (κ1) is 24.5. The number of allylic oxidation sites excluding steroid dienone is 9. The van der Waals surface area contributed by atoms with Crippen molar-refractivity contribution in [3.8, 4) is 0 Å². The fraction of sp³-hybridized carbons (Fsp3) is 0.542. The molecule has 0 saturated carbocycles. The van der Waals surface area contributed by atoms with E-state index >= 15 is 0 Å². The molecule has 156 valence electrons. The lowest BCUT2D eigenvalue weighted by Gasteiger charge is -2.32. The lowest BCUT2D eigenvalue weighted by Crippen LogP contribution is -2.39. The Morgan fingerprint density at radius 2 is 2.00 bits per heavy atom. The predicted molar refractivity (Wildman–Crippen MR) is 124 cm³/mol. The van der Waals surface area contributed by atoms with Crippen LogP contribution >= 0.6 is 12.6 Å². The standard InChI is InChI=1S/C24H37NO2S/c1-18(12-13-21-20(3)11-8-15-24(21,4)5)9-7-10-19(2)14-16-25-22(17-28)23(26)27-6/h7,9-10,12-14,22,25,28H,8,11,15-17H2,1-6H3/b10-7+,13-12+,18-9+,19-14+/t22-/m0/s1. The number of esters is 1. The van der Waals surface area contributed by atoms with Gasteiger partial charge in [-0.2, -0.15) is 12.6 Å². The summed E-state index contributed by atoms with van der Waals surface area (Å²) >= 11 is 4.17. The van der Waals surface area contributed by atoms with E-state index in [0.29, 0.717) is 12.3 Å². The molecular weight excluding hydrogens is 366 g/mol. The van der Waals surface area contributed by atoms with Crippen LogP contribution in [0.3, 0.4) is 0 Å². The van der Waals surface area contributed by atoms with Crippen molar-refractivity contribution >= 4 is 18.6 Å². The highest BCUT2D eigenvalue weighted by molar-refractivity contribution is 7.80. The maximum absolute atomic E-state index is 11.5. The molecule has 0 aromatic heterocycles. The highest BCUT2D eigenvalue weighted by Crippen LogP contribution is 2.40. The van der Waals surface area contributed by atoms with Gasteiger partial charge in [-0.3, -0.25) is 4.79 Å². The Balaban J connectivity index is 2.62. The van der Waals surface area contributed by atoms with E-state index in [2.05, 4.69) is 76.0 Å². The molecule has 1 aliphatic rings. The predicted octanol–water partition coefficient (Wildman–Crippen LogP) is 5.58. The third-order valence-electron chi connectivity index (χ3n) is 5.23. The van der Waals surface area contributed by atoms with Crippen molar-refractivity contribution in [2.24, 2.45) is 5.41 Å². The first-order valence-corrected chi connectivity index (χ1v) is 10.7. The Bertz CT molecular complexity index is 681. The molecule has 0 bridgehead atoms. The van der Waals surface area contributed by atoms with Crippen LogP contribution < -0.4 is 5.32 Å². The molecule has 0 saturated heterocycles. The lowest BCUT2D eigenvalue weighted by atomic mass is 9.72. The fourth-order valence-electron chi connectivity index (χ4n) is 3.43. The third kappa shape index (κ3) is 8.24. The van der Waals surface area contributed by atoms with E-state index in [1.165, 1.54) is 43.1 Å². The number of ether oxygens (including phenoxy) is 1. The molecule has 3 nitrogen and oxygen atoms in total. The average molecular weight is 404 g/mol. The summed E-state index contributed by atoms with van der Waals surface area (Å²) in [6.07, 6.45) is 16.6. The van der Waals surface area contributed by atoms with Gasteiger partial charge in [0, 0.05) is 12.3 Å². The van der Waals surface area contributed by atoms with Crippen LogP contribution in [0.5, 0.6) is 0 Å². The van der Waals surface area contributed by atoms with Gasteiger partial charge in [-0.25, -0.2) is 0 Å². The summed E-state index contributed by atoms with van der Waals surface area (Å²) in [6.45, 7) is 11.7. The zero-order chi connectivity index (χ0) is 21.2. The minimum absolute atomic E-state index is 0.274. The largest absolute Gasteiger partial charge is 0.468 e. The molecule has 0 aromatic carbocycles. The number of nitrogens with one attached hydrogen (secondary N) is 1. The molecule has 0 amide bonds. The Morgan fingerprint density at radius 3 is 2.61 bits per heavy atom. The van der Waals surface area contributed by atoms with Crippen molar-refractivity contribution in [1.29, 1.82) is 0 Å². The second-order valence-electron chi connectivity index (χ2n) is 8.15. The van der Waals surface area contributed by atoms with Crippen LogP contribution in [0.2, 0.25) is 0 Å². The van der Waals surface area contributed by atoms with Gasteiger partial charge in [0.05, 0.1) is 7.11 Å². The molecule has 4 heteroatoms. The Kier molecular flexibility index (Phi) is 10.6. The number of rotatable bonds is 9. The summed E-state index contributed by atoms with van der Waals surface area (Å²) in [5, 5.41) is 3.13. The minimum Gasteiger partial charge on any atom is -0.468 e. The van der Waals surface area contributed by atoms with E-state index in [4.69, 9.17) is 4.74 Å². The molecule has 0 aliphatic heterocycles. The fourth-order valence-corrected chi connectivity index (χ4v) is 3.71. The minimum atomic E-state index is -0.379. The van der Waals surface area contributed by atoms with Gasteiger partial charge in [-0.05, 0) is 51.0 Å². The molecule has 0 unspecified atom stereocenters. The van der Waals surface area contributed by atoms with Gasteiger partial charge in [-0.1, -0.05) is 67.0 Å². The quantitative estimate of drug-likeness (QED) is 0.300. The first-order chi connectivity index (χ1) is 13.2. The van der Waals surface area contributed by atoms with E-state index in [9.17, 15) is 4.79 Å². The van der Waals surface area contributed by atoms with Crippen molar-refractivity contribution in [1.82, 2.24) is 5.32 Å². The number of hydrogen-bond acceptors (Lipinski definition) is 4. The molecule has 1 atom stereocenters. The highest BCUT2D eigenvalue weighted by Gasteiger charge is 2.26. The number of carbonyl (C=O) groups excluding carboxylic acids is 1. The van der Waals surface area contributed by atoms with E-state index in [1.807, 2.05) is 13.0 Å². The van der Waals surface area contributed by atoms with Crippen molar-refractivity contribution in [3.05, 3.63) is 58.7 Å². The average Bonchev–Trinajstić information content (AvgIpc) is 2.63. The second-order valence-corrected chi connectivity index (χ2v) is 8.51. The van der Waals surface area contributed by atoms with Crippen LogP contribution in [0, 0.1) is 5.41 Å². The van der Waals surface area contributed by atoms with Gasteiger partial charge in [0.25, 0.3) is 0 Å². The first-order valence-electron chi connectivity index (χ1n) is 10.0. The summed E-state index contributed by atoms with van der Waals surface area (Å²) in [5.74, 6) is 0.129. The summed E-state index contributed by atoms with van der Waals surface area (Å²) in [4.78, 5) is 11.5. The number of thiol groups is 1. The van der Waals surface area contributed by atoms with Crippen molar-refractivity contribution in [2.45, 2.75) is 59.9 Å². The highest BCUT2D eigenvalue weighted by atomic mass is 32.1. The van der Waals surface area contributed by atoms with Crippen LogP contribution in [0.4, 0.5) is 0 Å². The Morgan fingerprint density at radius 1 is 1.29 bits per heavy atom. The molecule has 0 aromatic rings. The SMILES string of the molecule is COC(=O)[C@H](CS)NC/C=C(C)/C=C/C=C(C)/C=C/C1=C(C)CCCC1(C)C. The third-order valence-corrected chi connectivity index (χ3v) is 5.60. The van der Waals surface area contributed by atoms with Gasteiger partial charge < -0.3 is 10.1 Å². The van der Waals surface area contributed by atoms with Crippen LogP contribution in [0.25, 0.3) is 0 Å². The zero-order valence-electron chi connectivity index (χ0n) is 18.3. The molecule has 1 N–H and O–H groups in total. The summed E-state index contributed by atoms with van der Waals surface area (Å²) < 4.78 is 4.74. The van der Waals surface area contributed by atoms with Gasteiger partial charge in [0.1, 0.15) is 6.04 Å².